The fourth-order valence-electron chi connectivity index (χ4n) is 2.92. The quantitative estimate of drug-likeness (QED) is 0.820. The molecule has 26 heavy (non-hydrogen) atoms. The highest BCUT2D eigenvalue weighted by atomic mass is 32.2. The minimum Gasteiger partial charge on any atom is -0.326 e. The van der Waals surface area contributed by atoms with Crippen molar-refractivity contribution < 1.29 is 18.0 Å². The molecule has 0 saturated carbocycles. The number of carbonyl (C=O) groups is 2. The summed E-state index contributed by atoms with van der Waals surface area (Å²) in [6.45, 7) is 2.09. The first-order valence-corrected chi connectivity index (χ1v) is 10.8. The fraction of sp³-hybridized carbons (Fsp3) is 0.438. The molecule has 0 bridgehead atoms. The lowest BCUT2D eigenvalue weighted by atomic mass is 9.99. The number of thiazole rings is 1. The van der Waals surface area contributed by atoms with Crippen molar-refractivity contribution in [2.75, 3.05) is 30.0 Å². The molecule has 1 aliphatic rings. The topological polar surface area (TPSA) is 108 Å². The number of piperidine rings is 1. The summed E-state index contributed by atoms with van der Waals surface area (Å²) < 4.78 is 25.6. The predicted molar refractivity (Wildman–Crippen MR) is 102 cm³/mol. The van der Waals surface area contributed by atoms with E-state index in [1.165, 1.54) is 22.6 Å². The van der Waals surface area contributed by atoms with Crippen molar-refractivity contribution in [2.45, 2.75) is 19.8 Å². The molecule has 10 heteroatoms. The number of fused-ring (bicyclic) bond motifs is 1. The smallest absolute Gasteiger partial charge is 0.230 e. The van der Waals surface area contributed by atoms with E-state index < -0.39 is 10.0 Å². The molecule has 0 spiro atoms. The molecule has 1 aromatic heterocycles. The third kappa shape index (κ3) is 4.37. The van der Waals surface area contributed by atoms with E-state index in [9.17, 15) is 18.0 Å². The number of nitrogens with zero attached hydrogens (tertiary/aromatic N) is 2. The summed E-state index contributed by atoms with van der Waals surface area (Å²) in [4.78, 5) is 28.0. The zero-order valence-electron chi connectivity index (χ0n) is 14.5. The van der Waals surface area contributed by atoms with Gasteiger partial charge >= 0.3 is 0 Å². The number of aromatic nitrogens is 1. The second-order valence-corrected chi connectivity index (χ2v) is 9.35. The molecule has 1 aliphatic heterocycles. The zero-order chi connectivity index (χ0) is 18.9. The van der Waals surface area contributed by atoms with E-state index in [0.29, 0.717) is 30.2 Å². The highest BCUT2D eigenvalue weighted by Crippen LogP contribution is 2.29. The fourth-order valence-corrected chi connectivity index (χ4v) is 4.74. The molecule has 1 saturated heterocycles. The molecule has 2 amide bonds. The second-order valence-electron chi connectivity index (χ2n) is 6.33. The Balaban J connectivity index is 1.71. The Morgan fingerprint density at radius 3 is 2.77 bits per heavy atom. The van der Waals surface area contributed by atoms with Crippen LogP contribution in [-0.2, 0) is 19.6 Å². The van der Waals surface area contributed by atoms with E-state index in [0.717, 1.165) is 16.5 Å². The second kappa shape index (κ2) is 7.29. The molecule has 2 heterocycles. The van der Waals surface area contributed by atoms with Crippen molar-refractivity contribution in [1.29, 1.82) is 0 Å². The Morgan fingerprint density at radius 2 is 2.08 bits per heavy atom. The van der Waals surface area contributed by atoms with E-state index in [1.54, 1.807) is 18.2 Å². The molecule has 1 unspecified atom stereocenters. The minimum atomic E-state index is -3.29. The molecular formula is C16H20N4O4S2. The van der Waals surface area contributed by atoms with Crippen molar-refractivity contribution in [1.82, 2.24) is 9.29 Å². The van der Waals surface area contributed by atoms with Gasteiger partial charge in [-0.1, -0.05) is 11.3 Å². The summed E-state index contributed by atoms with van der Waals surface area (Å²) in [7, 11) is -3.29. The van der Waals surface area contributed by atoms with Crippen LogP contribution in [0, 0.1) is 5.92 Å². The van der Waals surface area contributed by atoms with E-state index in [4.69, 9.17) is 0 Å². The largest absolute Gasteiger partial charge is 0.326 e. The number of rotatable bonds is 4. The normalized spacial score (nSPS) is 18.6. The van der Waals surface area contributed by atoms with Gasteiger partial charge in [0.15, 0.2) is 5.13 Å². The maximum Gasteiger partial charge on any atom is 0.230 e. The summed E-state index contributed by atoms with van der Waals surface area (Å²) in [6, 6.07) is 5.33. The lowest BCUT2D eigenvalue weighted by Crippen LogP contribution is -2.43. The first kappa shape index (κ1) is 18.7. The number of carbonyl (C=O) groups excluding carboxylic acids is 2. The summed E-state index contributed by atoms with van der Waals surface area (Å²) in [5.41, 5.74) is 1.39. The van der Waals surface area contributed by atoms with Crippen LogP contribution in [0.4, 0.5) is 10.8 Å². The Morgan fingerprint density at radius 1 is 1.31 bits per heavy atom. The van der Waals surface area contributed by atoms with Crippen LogP contribution in [0.15, 0.2) is 18.2 Å². The van der Waals surface area contributed by atoms with Gasteiger partial charge in [0.25, 0.3) is 0 Å². The number of amides is 2. The van der Waals surface area contributed by atoms with Gasteiger partial charge in [0.2, 0.25) is 21.8 Å². The predicted octanol–water partition coefficient (Wildman–Crippen LogP) is 1.86. The van der Waals surface area contributed by atoms with Gasteiger partial charge < -0.3 is 10.6 Å². The summed E-state index contributed by atoms with van der Waals surface area (Å²) >= 11 is 1.31. The average molecular weight is 396 g/mol. The number of hydrogen-bond acceptors (Lipinski definition) is 6. The van der Waals surface area contributed by atoms with Gasteiger partial charge in [-0.3, -0.25) is 9.59 Å². The van der Waals surface area contributed by atoms with Gasteiger partial charge in [0.1, 0.15) is 0 Å². The van der Waals surface area contributed by atoms with Crippen LogP contribution in [0.3, 0.4) is 0 Å². The van der Waals surface area contributed by atoms with Crippen LogP contribution in [0.25, 0.3) is 10.2 Å². The van der Waals surface area contributed by atoms with Gasteiger partial charge in [-0.2, -0.15) is 0 Å². The van der Waals surface area contributed by atoms with Crippen molar-refractivity contribution in [2.24, 2.45) is 5.92 Å². The van der Waals surface area contributed by atoms with E-state index >= 15 is 0 Å². The zero-order valence-corrected chi connectivity index (χ0v) is 16.1. The third-order valence-corrected chi connectivity index (χ3v) is 6.37. The van der Waals surface area contributed by atoms with Crippen LogP contribution >= 0.6 is 11.3 Å². The maximum absolute atomic E-state index is 12.5. The van der Waals surface area contributed by atoms with Crippen LogP contribution in [0.5, 0.6) is 0 Å². The maximum atomic E-state index is 12.5. The highest BCUT2D eigenvalue weighted by molar-refractivity contribution is 7.88. The van der Waals surface area contributed by atoms with E-state index in [2.05, 4.69) is 15.6 Å². The molecular weight excluding hydrogens is 376 g/mol. The Bertz CT molecular complexity index is 954. The van der Waals surface area contributed by atoms with Crippen molar-refractivity contribution >= 4 is 54.2 Å². The molecule has 1 fully saturated rings. The first-order chi connectivity index (χ1) is 12.2. The molecule has 140 valence electrons. The average Bonchev–Trinajstić information content (AvgIpc) is 2.95. The lowest BCUT2D eigenvalue weighted by Gasteiger charge is -2.29. The van der Waals surface area contributed by atoms with E-state index in [-0.39, 0.29) is 24.3 Å². The van der Waals surface area contributed by atoms with Crippen LogP contribution in [-0.4, -0.2) is 48.9 Å². The van der Waals surface area contributed by atoms with Crippen molar-refractivity contribution in [3.05, 3.63) is 18.2 Å². The lowest BCUT2D eigenvalue weighted by molar-refractivity contribution is -0.121. The molecule has 0 radical (unpaired) electrons. The summed E-state index contributed by atoms with van der Waals surface area (Å²) in [5, 5.41) is 5.96. The molecule has 3 rings (SSSR count). The number of nitrogens with one attached hydrogen (secondary N) is 2. The molecule has 0 aliphatic carbocycles. The molecule has 2 N–H and O–H groups in total. The summed E-state index contributed by atoms with van der Waals surface area (Å²) in [6.07, 6.45) is 2.47. The Labute approximate surface area is 155 Å². The summed E-state index contributed by atoms with van der Waals surface area (Å²) in [5.74, 6) is -0.768. The van der Waals surface area contributed by atoms with Crippen LogP contribution in [0.1, 0.15) is 19.8 Å². The Kier molecular flexibility index (Phi) is 5.26. The number of hydrogen-bond donors (Lipinski definition) is 2. The Hall–Kier alpha value is -2.04. The van der Waals surface area contributed by atoms with Crippen LogP contribution in [0.2, 0.25) is 0 Å². The third-order valence-electron chi connectivity index (χ3n) is 4.16. The first-order valence-electron chi connectivity index (χ1n) is 8.16. The molecule has 1 aromatic carbocycles. The molecule has 1 atom stereocenters. The number of anilines is 2. The standard InChI is InChI=1S/C16H20N4O4S2/c1-10(21)17-12-5-6-13-14(8-12)25-16(18-13)19-15(22)11-4-3-7-20(9-11)26(2,23)24/h5-6,8,11H,3-4,7,9H2,1-2H3,(H,17,21)(H,18,19,22). The van der Waals surface area contributed by atoms with Crippen molar-refractivity contribution in [3.8, 4) is 0 Å². The van der Waals surface area contributed by atoms with E-state index in [1.807, 2.05) is 0 Å². The van der Waals surface area contributed by atoms with Gasteiger partial charge in [0, 0.05) is 25.7 Å². The number of benzene rings is 1. The number of sulfonamides is 1. The van der Waals surface area contributed by atoms with Gasteiger partial charge in [-0.25, -0.2) is 17.7 Å². The SMILES string of the molecule is CC(=O)Nc1ccc2nc(NC(=O)C3CCCN(S(C)(=O)=O)C3)sc2c1. The molecule has 8 nitrogen and oxygen atoms in total. The minimum absolute atomic E-state index is 0.157. The monoisotopic (exact) mass is 396 g/mol. The van der Waals surface area contributed by atoms with Gasteiger partial charge in [-0.05, 0) is 31.0 Å². The molecule has 2 aromatic rings. The van der Waals surface area contributed by atoms with Crippen LogP contribution < -0.4 is 10.6 Å². The van der Waals surface area contributed by atoms with Gasteiger partial charge in [0.05, 0.1) is 22.4 Å². The van der Waals surface area contributed by atoms with Gasteiger partial charge in [-0.15, -0.1) is 0 Å². The van der Waals surface area contributed by atoms with Crippen molar-refractivity contribution in [3.63, 3.8) is 0 Å². The highest BCUT2D eigenvalue weighted by Gasteiger charge is 2.30.